The lowest BCUT2D eigenvalue weighted by atomic mass is 10.1. The molecule has 0 bridgehead atoms. The van der Waals surface area contributed by atoms with Gasteiger partial charge >= 0.3 is 5.97 Å². The third-order valence-electron chi connectivity index (χ3n) is 2.59. The fourth-order valence-electron chi connectivity index (χ4n) is 1.68. The van der Waals surface area contributed by atoms with E-state index in [4.69, 9.17) is 11.2 Å². The molecule has 1 rings (SSSR count). The van der Waals surface area contributed by atoms with Gasteiger partial charge in [0.15, 0.2) is 6.61 Å². The quantitative estimate of drug-likeness (QED) is 0.579. The number of hydrogen-bond donors (Lipinski definition) is 2. The molecule has 24 heavy (non-hydrogen) atoms. The molecule has 1 aromatic carbocycles. The Bertz CT molecular complexity index is 757. The Labute approximate surface area is 141 Å². The summed E-state index contributed by atoms with van der Waals surface area (Å²) in [6.07, 6.45) is 5.01. The van der Waals surface area contributed by atoms with Crippen molar-refractivity contribution in [2.75, 3.05) is 13.2 Å². The number of terminal acetylenes is 1. The summed E-state index contributed by atoms with van der Waals surface area (Å²) < 4.78 is 31.0. The first-order chi connectivity index (χ1) is 11.0. The molecule has 7 nitrogen and oxygen atoms in total. The van der Waals surface area contributed by atoms with E-state index in [0.29, 0.717) is 0 Å². The van der Waals surface area contributed by atoms with Crippen molar-refractivity contribution in [3.05, 3.63) is 29.8 Å². The highest BCUT2D eigenvalue weighted by Gasteiger charge is 2.18. The van der Waals surface area contributed by atoms with E-state index in [0.717, 1.165) is 6.07 Å². The van der Waals surface area contributed by atoms with E-state index in [-0.39, 0.29) is 17.0 Å². The number of ether oxygens (including phenoxy) is 1. The van der Waals surface area contributed by atoms with Crippen molar-refractivity contribution >= 4 is 21.9 Å². The minimum Gasteiger partial charge on any atom is -0.452 e. The highest BCUT2D eigenvalue weighted by molar-refractivity contribution is 7.89. The molecule has 0 spiro atoms. The molecule has 0 saturated carbocycles. The number of rotatable bonds is 6. The number of hydrogen-bond acceptors (Lipinski definition) is 5. The fourth-order valence-corrected chi connectivity index (χ4v) is 2.66. The predicted octanol–water partition coefficient (Wildman–Crippen LogP) is 0.670. The van der Waals surface area contributed by atoms with Crippen LogP contribution in [0.5, 0.6) is 0 Å². The SMILES string of the molecule is C#CCNS(=O)(=O)c1cccc(C(=O)OCC(=O)NC(C)(C)C)c1. The van der Waals surface area contributed by atoms with E-state index in [1.165, 1.54) is 18.2 Å². The van der Waals surface area contributed by atoms with Crippen molar-refractivity contribution < 1.29 is 22.7 Å². The van der Waals surface area contributed by atoms with E-state index in [1.54, 1.807) is 20.8 Å². The van der Waals surface area contributed by atoms with Gasteiger partial charge in [0.2, 0.25) is 10.0 Å². The van der Waals surface area contributed by atoms with Crippen molar-refractivity contribution in [1.82, 2.24) is 10.0 Å². The third kappa shape index (κ3) is 6.40. The lowest BCUT2D eigenvalue weighted by Crippen LogP contribution is -2.42. The van der Waals surface area contributed by atoms with Gasteiger partial charge in [-0.15, -0.1) is 6.42 Å². The molecule has 0 saturated heterocycles. The molecule has 0 radical (unpaired) electrons. The van der Waals surface area contributed by atoms with Crippen LogP contribution in [0, 0.1) is 12.3 Å². The summed E-state index contributed by atoms with van der Waals surface area (Å²) in [7, 11) is -3.81. The van der Waals surface area contributed by atoms with Crippen LogP contribution < -0.4 is 10.0 Å². The highest BCUT2D eigenvalue weighted by Crippen LogP contribution is 2.12. The Hall–Kier alpha value is -2.37. The first kappa shape index (κ1) is 19.7. The van der Waals surface area contributed by atoms with Crippen LogP contribution in [0.25, 0.3) is 0 Å². The zero-order valence-electron chi connectivity index (χ0n) is 13.8. The summed E-state index contributed by atoms with van der Waals surface area (Å²) >= 11 is 0. The second-order valence-electron chi connectivity index (χ2n) is 5.93. The van der Waals surface area contributed by atoms with Crippen LogP contribution in [0.2, 0.25) is 0 Å². The maximum atomic E-state index is 12.0. The summed E-state index contributed by atoms with van der Waals surface area (Å²) in [4.78, 5) is 23.5. The number of nitrogens with one attached hydrogen (secondary N) is 2. The smallest absolute Gasteiger partial charge is 0.338 e. The Balaban J connectivity index is 2.78. The lowest BCUT2D eigenvalue weighted by molar-refractivity contribution is -0.125. The largest absolute Gasteiger partial charge is 0.452 e. The molecule has 0 atom stereocenters. The number of sulfonamides is 1. The van der Waals surface area contributed by atoms with E-state index in [1.807, 2.05) is 0 Å². The topological polar surface area (TPSA) is 102 Å². The van der Waals surface area contributed by atoms with E-state index in [9.17, 15) is 18.0 Å². The van der Waals surface area contributed by atoms with Crippen molar-refractivity contribution in [3.8, 4) is 12.3 Å². The summed E-state index contributed by atoms with van der Waals surface area (Å²) in [6, 6.07) is 5.27. The van der Waals surface area contributed by atoms with Gasteiger partial charge in [0.1, 0.15) is 0 Å². The first-order valence-electron chi connectivity index (χ1n) is 7.06. The molecule has 8 heteroatoms. The molecule has 1 aromatic rings. The molecule has 0 fully saturated rings. The normalized spacial score (nSPS) is 11.4. The second kappa shape index (κ2) is 7.95. The molecular weight excluding hydrogens is 332 g/mol. The van der Waals surface area contributed by atoms with Gasteiger partial charge in [-0.05, 0) is 39.0 Å². The fraction of sp³-hybridized carbons (Fsp3) is 0.375. The number of benzene rings is 1. The molecule has 0 unspecified atom stereocenters. The van der Waals surface area contributed by atoms with Crippen LogP contribution in [-0.2, 0) is 19.6 Å². The Morgan fingerprint density at radius 1 is 1.29 bits per heavy atom. The minimum atomic E-state index is -3.81. The standard InChI is InChI=1S/C16H20N2O5S/c1-5-9-17-24(21,22)13-8-6-7-12(10-13)15(20)23-11-14(19)18-16(2,3)4/h1,6-8,10,17H,9,11H2,2-4H3,(H,18,19). The van der Waals surface area contributed by atoms with E-state index >= 15 is 0 Å². The van der Waals surface area contributed by atoms with Crippen LogP contribution in [0.1, 0.15) is 31.1 Å². The maximum Gasteiger partial charge on any atom is 0.338 e. The molecule has 0 heterocycles. The van der Waals surface area contributed by atoms with E-state index < -0.39 is 34.0 Å². The Kier molecular flexibility index (Phi) is 6.51. The van der Waals surface area contributed by atoms with Crippen LogP contribution >= 0.6 is 0 Å². The van der Waals surface area contributed by atoms with Crippen molar-refractivity contribution in [2.45, 2.75) is 31.2 Å². The van der Waals surface area contributed by atoms with Crippen molar-refractivity contribution in [3.63, 3.8) is 0 Å². The maximum absolute atomic E-state index is 12.0. The van der Waals surface area contributed by atoms with Crippen molar-refractivity contribution in [2.24, 2.45) is 0 Å². The van der Waals surface area contributed by atoms with Crippen LogP contribution in [-0.4, -0.2) is 39.0 Å². The van der Waals surface area contributed by atoms with E-state index in [2.05, 4.69) is 16.0 Å². The number of carbonyl (C=O) groups excluding carboxylic acids is 2. The predicted molar refractivity (Wildman–Crippen MR) is 88.6 cm³/mol. The van der Waals surface area contributed by atoms with Gasteiger partial charge in [0.25, 0.3) is 5.91 Å². The second-order valence-corrected chi connectivity index (χ2v) is 7.70. The average Bonchev–Trinajstić information content (AvgIpc) is 2.49. The summed E-state index contributed by atoms with van der Waals surface area (Å²) in [5, 5.41) is 2.64. The molecule has 0 aromatic heterocycles. The molecule has 0 aliphatic carbocycles. The monoisotopic (exact) mass is 352 g/mol. The van der Waals surface area contributed by atoms with Crippen LogP contribution in [0.15, 0.2) is 29.2 Å². The molecule has 130 valence electrons. The molecule has 2 N–H and O–H groups in total. The third-order valence-corrected chi connectivity index (χ3v) is 3.99. The Morgan fingerprint density at radius 3 is 2.54 bits per heavy atom. The summed E-state index contributed by atoms with van der Waals surface area (Å²) in [6.45, 7) is 4.77. The van der Waals surface area contributed by atoms with Crippen molar-refractivity contribution in [1.29, 1.82) is 0 Å². The number of carbonyl (C=O) groups is 2. The van der Waals surface area contributed by atoms with Gasteiger partial charge in [0, 0.05) is 5.54 Å². The number of amides is 1. The summed E-state index contributed by atoms with van der Waals surface area (Å²) in [5.41, 5.74) is -0.428. The van der Waals surface area contributed by atoms with Crippen LogP contribution in [0.3, 0.4) is 0 Å². The van der Waals surface area contributed by atoms with Crippen LogP contribution in [0.4, 0.5) is 0 Å². The van der Waals surface area contributed by atoms with Gasteiger partial charge in [0.05, 0.1) is 17.0 Å². The Morgan fingerprint density at radius 2 is 1.96 bits per heavy atom. The molecule has 0 aliphatic rings. The van der Waals surface area contributed by atoms with Gasteiger partial charge in [-0.2, -0.15) is 4.72 Å². The van der Waals surface area contributed by atoms with Gasteiger partial charge in [-0.1, -0.05) is 12.0 Å². The average molecular weight is 352 g/mol. The highest BCUT2D eigenvalue weighted by atomic mass is 32.2. The zero-order valence-corrected chi connectivity index (χ0v) is 14.6. The molecular formula is C16H20N2O5S. The minimum absolute atomic E-state index is 0.0159. The number of esters is 1. The lowest BCUT2D eigenvalue weighted by Gasteiger charge is -2.20. The van der Waals surface area contributed by atoms with Gasteiger partial charge in [-0.25, -0.2) is 13.2 Å². The van der Waals surface area contributed by atoms with Gasteiger partial charge < -0.3 is 10.1 Å². The molecule has 0 aliphatic heterocycles. The molecule has 1 amide bonds. The zero-order chi connectivity index (χ0) is 18.4. The first-order valence-corrected chi connectivity index (χ1v) is 8.55. The summed E-state index contributed by atoms with van der Waals surface area (Å²) in [5.74, 6) is 0.909. The van der Waals surface area contributed by atoms with Gasteiger partial charge in [-0.3, -0.25) is 4.79 Å².